The molecule has 4 aromatic carbocycles. The van der Waals surface area contributed by atoms with Gasteiger partial charge >= 0.3 is 11.7 Å². The number of hydrogen-bond acceptors (Lipinski definition) is 5. The van der Waals surface area contributed by atoms with Gasteiger partial charge in [-0.05, 0) is 84.8 Å². The van der Waals surface area contributed by atoms with Gasteiger partial charge in [0.25, 0.3) is 0 Å². The minimum atomic E-state index is -1.31. The molecule has 0 aliphatic heterocycles. The van der Waals surface area contributed by atoms with Crippen molar-refractivity contribution in [3.63, 3.8) is 0 Å². The summed E-state index contributed by atoms with van der Waals surface area (Å²) in [4.78, 5) is 24.9. The van der Waals surface area contributed by atoms with Crippen molar-refractivity contribution in [2.24, 2.45) is 0 Å². The van der Waals surface area contributed by atoms with Gasteiger partial charge in [-0.2, -0.15) is 0 Å². The van der Waals surface area contributed by atoms with E-state index in [9.17, 15) is 20.0 Å². The highest BCUT2D eigenvalue weighted by atomic mass is 79.9. The molecular weight excluding hydrogens is 634 g/mol. The Balaban J connectivity index is 1.71. The molecule has 0 spiro atoms. The SMILES string of the molecule is Cc1sc2c(Br)c3ccccc3c(-c3cc(Br)c(OC(Cc4ccccc4)C(=O)O)c([N+](=O)[O-])c3)c2c1C. The van der Waals surface area contributed by atoms with E-state index < -0.39 is 17.0 Å². The maximum atomic E-state index is 12.3. The van der Waals surface area contributed by atoms with E-state index in [-0.39, 0.29) is 17.9 Å². The number of halogens is 2. The van der Waals surface area contributed by atoms with Gasteiger partial charge in [0.15, 0.2) is 6.10 Å². The molecule has 0 bridgehead atoms. The fraction of sp³-hybridized carbons (Fsp3) is 0.138. The Morgan fingerprint density at radius 2 is 1.71 bits per heavy atom. The highest BCUT2D eigenvalue weighted by molar-refractivity contribution is 9.11. The molecule has 0 saturated heterocycles. The second kappa shape index (κ2) is 10.5. The lowest BCUT2D eigenvalue weighted by Crippen LogP contribution is -2.29. The number of aliphatic carboxylic acids is 1. The average Bonchev–Trinajstić information content (AvgIpc) is 3.19. The minimum absolute atomic E-state index is 0.0624. The molecule has 0 aliphatic carbocycles. The topological polar surface area (TPSA) is 89.7 Å². The number of aryl methyl sites for hydroxylation is 2. The molecule has 1 unspecified atom stereocenters. The van der Waals surface area contributed by atoms with Gasteiger partial charge in [-0.25, -0.2) is 4.79 Å². The summed E-state index contributed by atoms with van der Waals surface area (Å²) in [7, 11) is 0. The van der Waals surface area contributed by atoms with Crippen molar-refractivity contribution in [3.8, 4) is 16.9 Å². The number of hydrogen-bond donors (Lipinski definition) is 1. The van der Waals surface area contributed by atoms with Crippen molar-refractivity contribution in [2.45, 2.75) is 26.4 Å². The summed E-state index contributed by atoms with van der Waals surface area (Å²) in [6, 6.07) is 20.2. The molecule has 1 N–H and O–H groups in total. The Labute approximate surface area is 239 Å². The third-order valence-corrected chi connectivity index (χ3v) is 9.48. The van der Waals surface area contributed by atoms with Crippen LogP contribution in [0.1, 0.15) is 16.0 Å². The fourth-order valence-corrected chi connectivity index (χ4v) is 7.11. The number of thiophene rings is 1. The number of nitro benzene ring substituents is 1. The van der Waals surface area contributed by atoms with Gasteiger partial charge in [-0.1, -0.05) is 54.6 Å². The van der Waals surface area contributed by atoms with Gasteiger partial charge in [-0.15, -0.1) is 11.3 Å². The molecule has 1 atom stereocenters. The fourth-order valence-electron chi connectivity index (χ4n) is 4.66. The zero-order chi connectivity index (χ0) is 27.1. The largest absolute Gasteiger partial charge is 0.478 e. The van der Waals surface area contributed by atoms with Crippen LogP contribution in [0.15, 0.2) is 75.7 Å². The minimum Gasteiger partial charge on any atom is -0.478 e. The second-order valence-electron chi connectivity index (χ2n) is 8.92. The Morgan fingerprint density at radius 1 is 1.05 bits per heavy atom. The maximum Gasteiger partial charge on any atom is 0.345 e. The number of nitrogens with zero attached hydrogens (tertiary/aromatic N) is 1. The summed E-state index contributed by atoms with van der Waals surface area (Å²) in [5, 5.41) is 25.1. The molecule has 192 valence electrons. The number of nitro groups is 1. The first-order chi connectivity index (χ1) is 18.2. The first-order valence-electron chi connectivity index (χ1n) is 11.7. The van der Waals surface area contributed by atoms with Gasteiger partial charge in [0.1, 0.15) is 0 Å². The van der Waals surface area contributed by atoms with Crippen LogP contribution in [0.4, 0.5) is 5.69 Å². The number of ether oxygens (including phenoxy) is 1. The first kappa shape index (κ1) is 26.3. The van der Waals surface area contributed by atoms with Gasteiger partial charge in [0.05, 0.1) is 14.1 Å². The Hall–Kier alpha value is -3.27. The Bertz CT molecular complexity index is 1730. The van der Waals surface area contributed by atoms with Crippen molar-refractivity contribution in [1.29, 1.82) is 0 Å². The van der Waals surface area contributed by atoms with E-state index in [1.54, 1.807) is 41.7 Å². The van der Waals surface area contributed by atoms with Crippen LogP contribution in [0.3, 0.4) is 0 Å². The zero-order valence-corrected chi connectivity index (χ0v) is 24.3. The van der Waals surface area contributed by atoms with Gasteiger partial charge in [-0.3, -0.25) is 10.1 Å². The summed E-state index contributed by atoms with van der Waals surface area (Å²) in [5.41, 5.74) is 3.08. The Morgan fingerprint density at radius 3 is 2.37 bits per heavy atom. The molecule has 0 amide bonds. The van der Waals surface area contributed by atoms with Crippen molar-refractivity contribution in [2.75, 3.05) is 0 Å². The quantitative estimate of drug-likeness (QED) is 0.140. The summed E-state index contributed by atoms with van der Waals surface area (Å²) in [5.74, 6) is -1.32. The van der Waals surface area contributed by atoms with Crippen LogP contribution in [0.2, 0.25) is 0 Å². The van der Waals surface area contributed by atoms with Crippen molar-refractivity contribution in [1.82, 2.24) is 0 Å². The standard InChI is InChI=1S/C29H21Br2NO5S/c1-15-16(2)38-28-24(15)25(19-10-6-7-11-20(19)26(28)31)18-13-21(30)27(22(14-18)32(35)36)37-23(29(33)34)12-17-8-4-3-5-9-17/h3-11,13-14,23H,12H2,1-2H3,(H,33,34). The molecule has 1 heterocycles. The Kier molecular flexibility index (Phi) is 7.26. The molecule has 0 radical (unpaired) electrons. The zero-order valence-electron chi connectivity index (χ0n) is 20.3. The molecule has 6 nitrogen and oxygen atoms in total. The highest BCUT2D eigenvalue weighted by Gasteiger charge is 2.29. The van der Waals surface area contributed by atoms with Crippen LogP contribution in [0.5, 0.6) is 5.75 Å². The van der Waals surface area contributed by atoms with E-state index in [0.717, 1.165) is 46.9 Å². The normalized spacial score (nSPS) is 12.1. The monoisotopic (exact) mass is 653 g/mol. The molecule has 0 fully saturated rings. The number of benzene rings is 4. The van der Waals surface area contributed by atoms with E-state index >= 15 is 0 Å². The summed E-state index contributed by atoms with van der Waals surface area (Å²) < 4.78 is 8.20. The maximum absolute atomic E-state index is 12.3. The molecule has 0 saturated carbocycles. The van der Waals surface area contributed by atoms with Gasteiger partial charge in [0.2, 0.25) is 5.75 Å². The average molecular weight is 655 g/mol. The lowest BCUT2D eigenvalue weighted by molar-refractivity contribution is -0.386. The van der Waals surface area contributed by atoms with Crippen molar-refractivity contribution < 1.29 is 19.6 Å². The molecular formula is C29H21Br2NO5S. The molecule has 5 aromatic rings. The second-order valence-corrected chi connectivity index (χ2v) is 11.8. The van der Waals surface area contributed by atoms with E-state index in [1.165, 1.54) is 6.07 Å². The van der Waals surface area contributed by atoms with Crippen LogP contribution in [-0.2, 0) is 11.2 Å². The smallest absolute Gasteiger partial charge is 0.345 e. The van der Waals surface area contributed by atoms with Crippen LogP contribution in [-0.4, -0.2) is 22.1 Å². The van der Waals surface area contributed by atoms with Crippen LogP contribution in [0.25, 0.3) is 32.0 Å². The van der Waals surface area contributed by atoms with Crippen LogP contribution < -0.4 is 4.74 Å². The third-order valence-electron chi connectivity index (χ3n) is 6.58. The van der Waals surface area contributed by atoms with E-state index in [2.05, 4.69) is 45.7 Å². The molecule has 0 aliphatic rings. The third kappa shape index (κ3) is 4.70. The van der Waals surface area contributed by atoms with E-state index in [4.69, 9.17) is 4.74 Å². The summed E-state index contributed by atoms with van der Waals surface area (Å²) in [6.45, 7) is 4.12. The number of rotatable bonds is 7. The summed E-state index contributed by atoms with van der Waals surface area (Å²) >= 11 is 8.93. The van der Waals surface area contributed by atoms with E-state index in [0.29, 0.717) is 10.0 Å². The van der Waals surface area contributed by atoms with Crippen molar-refractivity contribution >= 4 is 75.7 Å². The number of carboxylic acid groups (broad SMARTS) is 1. The van der Waals surface area contributed by atoms with Gasteiger partial charge < -0.3 is 9.84 Å². The molecule has 5 rings (SSSR count). The first-order valence-corrected chi connectivity index (χ1v) is 14.1. The van der Waals surface area contributed by atoms with Crippen LogP contribution in [0, 0.1) is 24.0 Å². The number of carboxylic acids is 1. The van der Waals surface area contributed by atoms with Crippen molar-refractivity contribution in [3.05, 3.63) is 102 Å². The van der Waals surface area contributed by atoms with Gasteiger partial charge in [0, 0.05) is 27.2 Å². The molecule has 38 heavy (non-hydrogen) atoms. The highest BCUT2D eigenvalue weighted by Crippen LogP contribution is 2.49. The molecule has 9 heteroatoms. The lowest BCUT2D eigenvalue weighted by Gasteiger charge is -2.18. The van der Waals surface area contributed by atoms with Crippen LogP contribution >= 0.6 is 43.2 Å². The number of fused-ring (bicyclic) bond motifs is 2. The molecule has 1 aromatic heterocycles. The predicted octanol–water partition coefficient (Wildman–Crippen LogP) is 8.85. The van der Waals surface area contributed by atoms with E-state index in [1.807, 2.05) is 30.3 Å². The summed E-state index contributed by atoms with van der Waals surface area (Å²) in [6.07, 6.45) is -1.24. The lowest BCUT2D eigenvalue weighted by atomic mass is 9.92. The number of carbonyl (C=O) groups is 1. The predicted molar refractivity (Wildman–Crippen MR) is 158 cm³/mol.